The fourth-order valence-electron chi connectivity index (χ4n) is 4.24. The van der Waals surface area contributed by atoms with Gasteiger partial charge in [0.15, 0.2) is 5.82 Å². The van der Waals surface area contributed by atoms with Gasteiger partial charge >= 0.3 is 0 Å². The highest BCUT2D eigenvalue weighted by molar-refractivity contribution is 8.14. The predicted octanol–water partition coefficient (Wildman–Crippen LogP) is 4.98. The van der Waals surface area contributed by atoms with Gasteiger partial charge in [0, 0.05) is 11.6 Å². The molecule has 0 radical (unpaired) electrons. The topological polar surface area (TPSA) is 68.6 Å². The molecule has 2 aromatic rings. The maximum Gasteiger partial charge on any atom is 0.271 e. The molecule has 1 aromatic heterocycles. The van der Waals surface area contributed by atoms with Crippen LogP contribution in [0.25, 0.3) is 0 Å². The highest BCUT2D eigenvalue weighted by atomic mass is 32.2. The number of hydrogen-bond acceptors (Lipinski definition) is 5. The Morgan fingerprint density at radius 3 is 2.57 bits per heavy atom. The molecule has 1 unspecified atom stereocenters. The molecule has 1 atom stereocenters. The Bertz CT molecular complexity index is 939. The minimum absolute atomic E-state index is 0.0501. The molecule has 7 heteroatoms. The van der Waals surface area contributed by atoms with E-state index in [1.165, 1.54) is 25.7 Å². The molecule has 6 nitrogen and oxygen atoms in total. The number of aromatic nitrogens is 2. The molecule has 1 aromatic carbocycles. The number of aromatic amines is 1. The van der Waals surface area contributed by atoms with Gasteiger partial charge in [-0.1, -0.05) is 43.5 Å². The average Bonchev–Trinajstić information content (AvgIpc) is 2.88. The second kappa shape index (κ2) is 8.07. The van der Waals surface area contributed by atoms with E-state index in [1.54, 1.807) is 26.0 Å². The van der Waals surface area contributed by atoms with Crippen molar-refractivity contribution >= 4 is 22.6 Å². The molecule has 1 saturated carbocycles. The number of nitrogens with one attached hydrogen (secondary N) is 1. The highest BCUT2D eigenvalue weighted by Crippen LogP contribution is 2.48. The van der Waals surface area contributed by atoms with E-state index in [4.69, 9.17) is 14.5 Å². The van der Waals surface area contributed by atoms with Crippen LogP contribution in [0, 0.1) is 0 Å². The van der Waals surface area contributed by atoms with E-state index in [2.05, 4.69) is 5.10 Å². The zero-order chi connectivity index (χ0) is 19.7. The summed E-state index contributed by atoms with van der Waals surface area (Å²) in [6, 6.07) is 6.08. The number of fused-ring (bicyclic) bond motifs is 1. The van der Waals surface area contributed by atoms with Crippen molar-refractivity contribution in [3.8, 4) is 11.5 Å². The van der Waals surface area contributed by atoms with Gasteiger partial charge in [-0.2, -0.15) is 0 Å². The first-order chi connectivity index (χ1) is 13.6. The monoisotopic (exact) mass is 401 g/mol. The van der Waals surface area contributed by atoms with Gasteiger partial charge < -0.3 is 9.47 Å². The number of rotatable bonds is 4. The van der Waals surface area contributed by atoms with Crippen molar-refractivity contribution in [2.45, 2.75) is 56.7 Å². The maximum atomic E-state index is 13.0. The lowest BCUT2D eigenvalue weighted by Crippen LogP contribution is -2.14. The van der Waals surface area contributed by atoms with Crippen LogP contribution >= 0.6 is 11.8 Å². The van der Waals surface area contributed by atoms with Crippen molar-refractivity contribution in [2.24, 2.45) is 4.99 Å². The first-order valence-corrected chi connectivity index (χ1v) is 10.8. The molecule has 28 heavy (non-hydrogen) atoms. The average molecular weight is 402 g/mol. The maximum absolute atomic E-state index is 13.0. The van der Waals surface area contributed by atoms with Crippen molar-refractivity contribution < 1.29 is 9.47 Å². The van der Waals surface area contributed by atoms with Gasteiger partial charge in [-0.15, -0.1) is 0 Å². The Balaban J connectivity index is 1.81. The molecule has 2 heterocycles. The lowest BCUT2D eigenvalue weighted by molar-refractivity contribution is 0.391. The summed E-state index contributed by atoms with van der Waals surface area (Å²) in [6.07, 6.45) is 7.13. The van der Waals surface area contributed by atoms with E-state index < -0.39 is 0 Å². The number of methoxy groups -OCH3 is 2. The lowest BCUT2D eigenvalue weighted by atomic mass is 10.0. The Morgan fingerprint density at radius 1 is 1.14 bits per heavy atom. The minimum atomic E-state index is -0.149. The lowest BCUT2D eigenvalue weighted by Gasteiger charge is -2.24. The number of thioether (sulfide) groups is 1. The molecular formula is C21H27N3O3S. The van der Waals surface area contributed by atoms with Crippen molar-refractivity contribution in [2.75, 3.05) is 14.2 Å². The van der Waals surface area contributed by atoms with Gasteiger partial charge in [-0.05, 0) is 25.8 Å². The van der Waals surface area contributed by atoms with E-state index in [0.29, 0.717) is 6.04 Å². The van der Waals surface area contributed by atoms with Crippen LogP contribution in [0.3, 0.4) is 0 Å². The number of nitrogens with zero attached hydrogens (tertiary/aromatic N) is 2. The van der Waals surface area contributed by atoms with E-state index in [9.17, 15) is 4.79 Å². The van der Waals surface area contributed by atoms with Crippen LogP contribution < -0.4 is 15.0 Å². The molecule has 1 fully saturated rings. The number of hydrogen-bond donors (Lipinski definition) is 1. The molecule has 4 rings (SSSR count). The number of H-pyrrole nitrogens is 1. The van der Waals surface area contributed by atoms with Crippen molar-refractivity contribution in [1.82, 2.24) is 9.78 Å². The zero-order valence-electron chi connectivity index (χ0n) is 16.7. The minimum Gasteiger partial charge on any atom is -0.497 e. The molecule has 1 N–H and O–H groups in total. The summed E-state index contributed by atoms with van der Waals surface area (Å²) in [4.78, 5) is 17.8. The fraction of sp³-hybridized carbons (Fsp3) is 0.524. The third-order valence-electron chi connectivity index (χ3n) is 5.66. The summed E-state index contributed by atoms with van der Waals surface area (Å²) >= 11 is 1.60. The molecule has 2 aliphatic rings. The molecule has 150 valence electrons. The molecule has 0 amide bonds. The number of ether oxygens (including phenoxy) is 2. The van der Waals surface area contributed by atoms with Gasteiger partial charge in [0.2, 0.25) is 0 Å². The Kier molecular flexibility index (Phi) is 5.53. The third kappa shape index (κ3) is 3.48. The Morgan fingerprint density at radius 2 is 1.89 bits per heavy atom. The van der Waals surface area contributed by atoms with Crippen molar-refractivity contribution in [3.63, 3.8) is 0 Å². The molecule has 1 aliphatic carbocycles. The van der Waals surface area contributed by atoms with Crippen LogP contribution in [-0.2, 0) is 0 Å². The summed E-state index contributed by atoms with van der Waals surface area (Å²) < 4.78 is 13.0. The van der Waals surface area contributed by atoms with Crippen molar-refractivity contribution in [3.05, 3.63) is 39.7 Å². The van der Waals surface area contributed by atoms with Crippen molar-refractivity contribution in [1.29, 1.82) is 0 Å². The zero-order valence-corrected chi connectivity index (χ0v) is 17.5. The standard InChI is InChI=1S/C21H27N3O3S/c1-13-22-20-18(21(25)23-24(20)14-8-6-4-5-7-9-14)19(28-13)16-11-10-15(26-2)12-17(16)27-3/h10-12,14,19H,4-9H2,1-3H3,(H,23,25). The van der Waals surface area contributed by atoms with E-state index >= 15 is 0 Å². The van der Waals surface area contributed by atoms with Crippen LogP contribution in [0.5, 0.6) is 11.5 Å². The molecular weight excluding hydrogens is 374 g/mol. The third-order valence-corrected chi connectivity index (χ3v) is 6.82. The number of aliphatic imine (C=N–C) groups is 1. The van der Waals surface area contributed by atoms with E-state index in [-0.39, 0.29) is 10.8 Å². The second-order valence-electron chi connectivity index (χ2n) is 7.43. The van der Waals surface area contributed by atoms with Gasteiger partial charge in [0.25, 0.3) is 5.56 Å². The predicted molar refractivity (Wildman–Crippen MR) is 114 cm³/mol. The van der Waals surface area contributed by atoms with E-state index in [1.807, 2.05) is 29.8 Å². The smallest absolute Gasteiger partial charge is 0.271 e. The SMILES string of the molecule is COc1ccc(C2SC(C)=Nc3c2c(=O)[nH]n3C2CCCCCC2)c(OC)c1. The van der Waals surface area contributed by atoms with Crippen LogP contribution in [0.15, 0.2) is 28.0 Å². The van der Waals surface area contributed by atoms with E-state index in [0.717, 1.165) is 46.3 Å². The highest BCUT2D eigenvalue weighted by Gasteiger charge is 2.33. The van der Waals surface area contributed by atoms with Gasteiger partial charge in [-0.3, -0.25) is 14.6 Å². The Hall–Kier alpha value is -2.15. The summed E-state index contributed by atoms with van der Waals surface area (Å²) in [5.41, 5.74) is 1.64. The number of benzene rings is 1. The fourth-order valence-corrected chi connectivity index (χ4v) is 5.38. The summed E-state index contributed by atoms with van der Waals surface area (Å²) in [5.74, 6) is 2.24. The van der Waals surface area contributed by atoms with Gasteiger partial charge in [0.1, 0.15) is 11.5 Å². The second-order valence-corrected chi connectivity index (χ2v) is 8.73. The summed E-state index contributed by atoms with van der Waals surface area (Å²) in [5, 5.41) is 3.91. The quantitative estimate of drug-likeness (QED) is 0.734. The van der Waals surface area contributed by atoms with Crippen LogP contribution in [-0.4, -0.2) is 29.0 Å². The summed E-state index contributed by atoms with van der Waals surface area (Å²) in [6.45, 7) is 2.01. The van der Waals surface area contributed by atoms with Crippen LogP contribution in [0.2, 0.25) is 0 Å². The van der Waals surface area contributed by atoms with Gasteiger partial charge in [-0.25, -0.2) is 4.99 Å². The summed E-state index contributed by atoms with van der Waals surface area (Å²) in [7, 11) is 3.28. The molecule has 0 spiro atoms. The molecule has 1 aliphatic heterocycles. The van der Waals surface area contributed by atoms with Crippen LogP contribution in [0.4, 0.5) is 5.82 Å². The van der Waals surface area contributed by atoms with Gasteiger partial charge in [0.05, 0.1) is 36.1 Å². The molecule has 0 saturated heterocycles. The normalized spacial score (nSPS) is 20.2. The Labute approximate surface area is 169 Å². The first kappa shape index (κ1) is 19.2. The first-order valence-electron chi connectivity index (χ1n) is 9.90. The van der Waals surface area contributed by atoms with Crippen LogP contribution in [0.1, 0.15) is 67.9 Å². The largest absolute Gasteiger partial charge is 0.497 e. The molecule has 0 bridgehead atoms.